The summed E-state index contributed by atoms with van der Waals surface area (Å²) in [7, 11) is 0. The quantitative estimate of drug-likeness (QED) is 0.441. The van der Waals surface area contributed by atoms with E-state index < -0.39 is 4.92 Å². The number of hydrogen-bond acceptors (Lipinski definition) is 4. The molecule has 5 heteroatoms. The van der Waals surface area contributed by atoms with Crippen molar-refractivity contribution in [3.8, 4) is 6.07 Å². The molecule has 1 aliphatic carbocycles. The fourth-order valence-electron chi connectivity index (χ4n) is 2.19. The van der Waals surface area contributed by atoms with E-state index in [1.165, 1.54) is 6.07 Å². The normalized spacial score (nSPS) is 13.9. The Morgan fingerprint density at radius 3 is 2.75 bits per heavy atom. The lowest BCUT2D eigenvalue weighted by atomic mass is 9.87. The van der Waals surface area contributed by atoms with Gasteiger partial charge in [0.1, 0.15) is 11.8 Å². The second-order valence-corrected chi connectivity index (χ2v) is 3.90. The molecule has 1 aromatic carbocycles. The molecule has 2 rings (SSSR count). The molecule has 1 aliphatic rings. The summed E-state index contributed by atoms with van der Waals surface area (Å²) in [6, 6.07) is 3.51. The summed E-state index contributed by atoms with van der Waals surface area (Å²) in [6.07, 6.45) is 3.61. The standard InChI is InChI=1S/C11H11N3O2/c12-6-9-8-4-2-1-3-7(8)5-10(11(9)13)14(15)16/h5H,1-4,13H2. The predicted molar refractivity (Wildman–Crippen MR) is 58.9 cm³/mol. The number of nitro groups is 1. The van der Waals surface area contributed by atoms with Crippen molar-refractivity contribution in [3.05, 3.63) is 32.9 Å². The summed E-state index contributed by atoms with van der Waals surface area (Å²) < 4.78 is 0. The molecule has 0 amide bonds. The van der Waals surface area contributed by atoms with Gasteiger partial charge in [-0.25, -0.2) is 0 Å². The first kappa shape index (κ1) is 10.4. The SMILES string of the molecule is N#Cc1c(N)c([N+](=O)[O-])cc2c1CCCC2. The molecular formula is C11H11N3O2. The van der Waals surface area contributed by atoms with E-state index in [1.54, 1.807) is 0 Å². The van der Waals surface area contributed by atoms with Gasteiger partial charge in [0.05, 0.1) is 10.5 Å². The van der Waals surface area contributed by atoms with Gasteiger partial charge in [-0.05, 0) is 36.8 Å². The van der Waals surface area contributed by atoms with Crippen molar-refractivity contribution in [3.63, 3.8) is 0 Å². The third-order valence-corrected chi connectivity index (χ3v) is 2.98. The molecule has 1 aromatic rings. The van der Waals surface area contributed by atoms with Gasteiger partial charge in [0.25, 0.3) is 5.69 Å². The molecule has 0 unspecified atom stereocenters. The van der Waals surface area contributed by atoms with Crippen LogP contribution < -0.4 is 5.73 Å². The van der Waals surface area contributed by atoms with Crippen LogP contribution in [0.4, 0.5) is 11.4 Å². The Morgan fingerprint density at radius 1 is 1.44 bits per heavy atom. The van der Waals surface area contributed by atoms with Crippen molar-refractivity contribution < 1.29 is 4.92 Å². The first-order valence-electron chi connectivity index (χ1n) is 5.14. The molecule has 0 radical (unpaired) electrons. The first-order valence-corrected chi connectivity index (χ1v) is 5.14. The summed E-state index contributed by atoms with van der Waals surface area (Å²) in [5.41, 5.74) is 7.62. The van der Waals surface area contributed by atoms with Crippen LogP contribution in [0.5, 0.6) is 0 Å². The van der Waals surface area contributed by atoms with Gasteiger partial charge in [-0.3, -0.25) is 10.1 Å². The number of nitrogens with zero attached hydrogens (tertiary/aromatic N) is 2. The number of fused-ring (bicyclic) bond motifs is 1. The largest absolute Gasteiger partial charge is 0.392 e. The maximum absolute atomic E-state index is 10.8. The van der Waals surface area contributed by atoms with Crippen LogP contribution in [0.15, 0.2) is 6.07 Å². The van der Waals surface area contributed by atoms with Gasteiger partial charge in [-0.15, -0.1) is 0 Å². The number of nitrogen functional groups attached to an aromatic ring is 1. The van der Waals surface area contributed by atoms with Crippen LogP contribution in [-0.2, 0) is 12.8 Å². The Kier molecular flexibility index (Phi) is 2.49. The zero-order valence-corrected chi connectivity index (χ0v) is 8.69. The van der Waals surface area contributed by atoms with Crippen LogP contribution in [0.1, 0.15) is 29.5 Å². The van der Waals surface area contributed by atoms with E-state index >= 15 is 0 Å². The van der Waals surface area contributed by atoms with Crippen molar-refractivity contribution in [1.82, 2.24) is 0 Å². The van der Waals surface area contributed by atoms with Gasteiger partial charge in [0.15, 0.2) is 0 Å². The Labute approximate surface area is 92.6 Å². The minimum atomic E-state index is -0.523. The van der Waals surface area contributed by atoms with E-state index in [9.17, 15) is 10.1 Å². The third kappa shape index (κ3) is 1.48. The second kappa shape index (κ2) is 3.81. The predicted octanol–water partition coefficient (Wildman–Crippen LogP) is 1.93. The number of benzene rings is 1. The van der Waals surface area contributed by atoms with Crippen LogP contribution in [0.25, 0.3) is 0 Å². The zero-order valence-electron chi connectivity index (χ0n) is 8.69. The summed E-state index contributed by atoms with van der Waals surface area (Å²) in [5.74, 6) is 0. The van der Waals surface area contributed by atoms with E-state index in [0.717, 1.165) is 36.8 Å². The molecule has 0 aromatic heterocycles. The number of nitro benzene ring substituents is 1. The van der Waals surface area contributed by atoms with Crippen molar-refractivity contribution in [1.29, 1.82) is 5.26 Å². The van der Waals surface area contributed by atoms with Gasteiger partial charge < -0.3 is 5.73 Å². The molecule has 0 fully saturated rings. The van der Waals surface area contributed by atoms with E-state index in [2.05, 4.69) is 0 Å². The summed E-state index contributed by atoms with van der Waals surface area (Å²) in [5, 5.41) is 19.8. The highest BCUT2D eigenvalue weighted by molar-refractivity contribution is 5.71. The van der Waals surface area contributed by atoms with Crippen LogP contribution in [-0.4, -0.2) is 4.92 Å². The average Bonchev–Trinajstić information content (AvgIpc) is 2.28. The van der Waals surface area contributed by atoms with E-state index in [1.807, 2.05) is 6.07 Å². The highest BCUT2D eigenvalue weighted by atomic mass is 16.6. The molecule has 0 aliphatic heterocycles. The topological polar surface area (TPSA) is 93.0 Å². The molecule has 0 atom stereocenters. The molecule has 5 nitrogen and oxygen atoms in total. The van der Waals surface area contributed by atoms with Crippen LogP contribution in [0.3, 0.4) is 0 Å². The highest BCUT2D eigenvalue weighted by Crippen LogP contribution is 2.34. The average molecular weight is 217 g/mol. The summed E-state index contributed by atoms with van der Waals surface area (Å²) in [4.78, 5) is 10.3. The minimum absolute atomic E-state index is 0.00755. The lowest BCUT2D eigenvalue weighted by Crippen LogP contribution is -2.09. The maximum atomic E-state index is 10.8. The number of nitriles is 1. The van der Waals surface area contributed by atoms with Gasteiger partial charge >= 0.3 is 0 Å². The molecule has 16 heavy (non-hydrogen) atoms. The van der Waals surface area contributed by atoms with Crippen molar-refractivity contribution in [2.75, 3.05) is 5.73 Å². The van der Waals surface area contributed by atoms with E-state index in [4.69, 9.17) is 11.0 Å². The van der Waals surface area contributed by atoms with Crippen molar-refractivity contribution in [2.45, 2.75) is 25.7 Å². The van der Waals surface area contributed by atoms with Gasteiger partial charge in [0, 0.05) is 6.07 Å². The molecule has 0 saturated carbocycles. The molecule has 82 valence electrons. The Morgan fingerprint density at radius 2 is 2.12 bits per heavy atom. The van der Waals surface area contributed by atoms with E-state index in [0.29, 0.717) is 5.56 Å². The number of aryl methyl sites for hydroxylation is 1. The van der Waals surface area contributed by atoms with Crippen LogP contribution in [0.2, 0.25) is 0 Å². The molecule has 2 N–H and O–H groups in total. The molecule has 0 spiro atoms. The minimum Gasteiger partial charge on any atom is -0.392 e. The Hall–Kier alpha value is -2.09. The van der Waals surface area contributed by atoms with Crippen molar-refractivity contribution in [2.24, 2.45) is 0 Å². The lowest BCUT2D eigenvalue weighted by Gasteiger charge is -2.17. The maximum Gasteiger partial charge on any atom is 0.293 e. The highest BCUT2D eigenvalue weighted by Gasteiger charge is 2.23. The smallest absolute Gasteiger partial charge is 0.293 e. The van der Waals surface area contributed by atoms with Crippen LogP contribution in [0, 0.1) is 21.4 Å². The van der Waals surface area contributed by atoms with E-state index in [-0.39, 0.29) is 11.4 Å². The third-order valence-electron chi connectivity index (χ3n) is 2.98. The molecule has 0 saturated heterocycles. The summed E-state index contributed by atoms with van der Waals surface area (Å²) in [6.45, 7) is 0. The number of nitrogens with two attached hydrogens (primary N) is 1. The molecule has 0 bridgehead atoms. The summed E-state index contributed by atoms with van der Waals surface area (Å²) >= 11 is 0. The Bertz CT molecular complexity index is 503. The fraction of sp³-hybridized carbons (Fsp3) is 0.364. The molecular weight excluding hydrogens is 206 g/mol. The van der Waals surface area contributed by atoms with Crippen molar-refractivity contribution >= 4 is 11.4 Å². The van der Waals surface area contributed by atoms with Gasteiger partial charge in [-0.1, -0.05) is 0 Å². The number of rotatable bonds is 1. The second-order valence-electron chi connectivity index (χ2n) is 3.90. The first-order chi connectivity index (χ1) is 7.65. The van der Waals surface area contributed by atoms with Gasteiger partial charge in [0.2, 0.25) is 0 Å². The monoisotopic (exact) mass is 217 g/mol. The number of hydrogen-bond donors (Lipinski definition) is 1. The zero-order chi connectivity index (χ0) is 11.7. The van der Waals surface area contributed by atoms with Gasteiger partial charge in [-0.2, -0.15) is 5.26 Å². The number of anilines is 1. The lowest BCUT2D eigenvalue weighted by molar-refractivity contribution is -0.384. The fourth-order valence-corrected chi connectivity index (χ4v) is 2.19. The van der Waals surface area contributed by atoms with Crippen LogP contribution >= 0.6 is 0 Å². The molecule has 0 heterocycles. The Balaban J connectivity index is 2.71.